The van der Waals surface area contributed by atoms with Gasteiger partial charge in [0, 0.05) is 20.8 Å². The topological polar surface area (TPSA) is 95.4 Å². The molecule has 0 spiro atoms. The maximum Gasteiger partial charge on any atom is 0.442 e. The number of methoxy groups -OCH3 is 1. The van der Waals surface area contributed by atoms with Crippen LogP contribution in [0.2, 0.25) is 0 Å². The Hall–Kier alpha value is -2.56. The van der Waals surface area contributed by atoms with Gasteiger partial charge in [-0.1, -0.05) is 0 Å². The molecule has 0 bridgehead atoms. The molecule has 0 amide bonds. The highest BCUT2D eigenvalue weighted by Crippen LogP contribution is 2.40. The third-order valence-corrected chi connectivity index (χ3v) is 3.28. The summed E-state index contributed by atoms with van der Waals surface area (Å²) in [6.45, 7) is 0.274. The maximum atomic E-state index is 13.0. The van der Waals surface area contributed by atoms with Crippen LogP contribution < -0.4 is 5.32 Å². The molecule has 11 heteroatoms. The van der Waals surface area contributed by atoms with E-state index in [2.05, 4.69) is 10.4 Å². The average molecular weight is 348 g/mol. The van der Waals surface area contributed by atoms with Gasteiger partial charge in [0.2, 0.25) is 11.5 Å². The number of nitrogens with zero attached hydrogens (tertiary/aromatic N) is 3. The van der Waals surface area contributed by atoms with Gasteiger partial charge < -0.3 is 14.5 Å². The Labute approximate surface area is 134 Å². The van der Waals surface area contributed by atoms with E-state index in [4.69, 9.17) is 9.15 Å². The quantitative estimate of drug-likeness (QED) is 0.610. The summed E-state index contributed by atoms with van der Waals surface area (Å²) >= 11 is 0. The van der Waals surface area contributed by atoms with Crippen LogP contribution in [0, 0.1) is 10.1 Å². The molecule has 24 heavy (non-hydrogen) atoms. The van der Waals surface area contributed by atoms with Crippen molar-refractivity contribution in [1.82, 2.24) is 9.78 Å². The summed E-state index contributed by atoms with van der Waals surface area (Å²) in [6, 6.07) is 2.60. The van der Waals surface area contributed by atoms with E-state index < -0.39 is 28.5 Å². The van der Waals surface area contributed by atoms with Crippen molar-refractivity contribution in [2.75, 3.05) is 19.0 Å². The number of nitro groups is 1. The number of rotatable bonds is 7. The summed E-state index contributed by atoms with van der Waals surface area (Å²) in [7, 11) is 2.66. The predicted octanol–water partition coefficient (Wildman–Crippen LogP) is 3.13. The molecule has 0 aliphatic carbocycles. The molecule has 0 aliphatic rings. The van der Waals surface area contributed by atoms with Gasteiger partial charge in [-0.2, -0.15) is 18.3 Å². The van der Waals surface area contributed by atoms with Crippen molar-refractivity contribution >= 4 is 11.5 Å². The minimum atomic E-state index is -4.94. The number of anilines is 1. The molecule has 0 aromatic carbocycles. The summed E-state index contributed by atoms with van der Waals surface area (Å²) in [4.78, 5) is 10.0. The lowest BCUT2D eigenvalue weighted by Gasteiger charge is -2.17. The van der Waals surface area contributed by atoms with Gasteiger partial charge in [0.15, 0.2) is 0 Å². The van der Waals surface area contributed by atoms with Crippen LogP contribution in [0.25, 0.3) is 0 Å². The predicted molar refractivity (Wildman–Crippen MR) is 76.4 cm³/mol. The first-order chi connectivity index (χ1) is 11.3. The summed E-state index contributed by atoms with van der Waals surface area (Å²) in [6.07, 6.45) is -3.21. The first-order valence-corrected chi connectivity index (χ1v) is 6.83. The second-order valence-corrected chi connectivity index (χ2v) is 4.92. The highest BCUT2D eigenvalue weighted by atomic mass is 19.4. The van der Waals surface area contributed by atoms with Crippen molar-refractivity contribution in [3.05, 3.63) is 40.0 Å². The fourth-order valence-electron chi connectivity index (χ4n) is 2.21. The van der Waals surface area contributed by atoms with Crippen LogP contribution in [-0.2, 0) is 18.0 Å². The van der Waals surface area contributed by atoms with Gasteiger partial charge >= 0.3 is 11.9 Å². The number of furan rings is 1. The fraction of sp³-hybridized carbons (Fsp3) is 0.462. The normalized spacial score (nSPS) is 13.0. The fourth-order valence-corrected chi connectivity index (χ4v) is 2.21. The van der Waals surface area contributed by atoms with Crippen molar-refractivity contribution in [1.29, 1.82) is 0 Å². The van der Waals surface area contributed by atoms with Crippen molar-refractivity contribution in [2.24, 2.45) is 7.05 Å². The first-order valence-electron chi connectivity index (χ1n) is 6.83. The molecule has 8 nitrogen and oxygen atoms in total. The zero-order valence-corrected chi connectivity index (χ0v) is 12.8. The zero-order valence-electron chi connectivity index (χ0n) is 12.8. The zero-order chi connectivity index (χ0) is 17.9. The van der Waals surface area contributed by atoms with E-state index in [-0.39, 0.29) is 12.4 Å². The van der Waals surface area contributed by atoms with Gasteiger partial charge in [-0.05, 0) is 18.6 Å². The van der Waals surface area contributed by atoms with Crippen LogP contribution in [0.5, 0.6) is 0 Å². The van der Waals surface area contributed by atoms with E-state index in [0.29, 0.717) is 12.2 Å². The first kappa shape index (κ1) is 17.8. The monoisotopic (exact) mass is 348 g/mol. The minimum absolute atomic E-state index is 0.274. The number of aryl methyl sites for hydroxylation is 1. The van der Waals surface area contributed by atoms with Gasteiger partial charge in [0.05, 0.1) is 17.2 Å². The van der Waals surface area contributed by atoms with Gasteiger partial charge in [-0.15, -0.1) is 0 Å². The van der Waals surface area contributed by atoms with Gasteiger partial charge in [-0.3, -0.25) is 10.1 Å². The van der Waals surface area contributed by atoms with Gasteiger partial charge in [-0.25, -0.2) is 4.68 Å². The molecule has 1 unspecified atom stereocenters. The van der Waals surface area contributed by atoms with Crippen molar-refractivity contribution in [3.63, 3.8) is 0 Å². The van der Waals surface area contributed by atoms with Crippen LogP contribution in [0.15, 0.2) is 22.8 Å². The Morgan fingerprint density at radius 1 is 1.54 bits per heavy atom. The molecule has 1 atom stereocenters. The van der Waals surface area contributed by atoms with Crippen molar-refractivity contribution < 1.29 is 27.2 Å². The second-order valence-electron chi connectivity index (χ2n) is 4.92. The summed E-state index contributed by atoms with van der Waals surface area (Å²) in [5.74, 6) is 0.0564. The summed E-state index contributed by atoms with van der Waals surface area (Å²) in [5, 5.41) is 17.1. The van der Waals surface area contributed by atoms with E-state index in [1.165, 1.54) is 20.4 Å². The standard InChI is InChI=1S/C13H15F3N4O4/c1-19-12(10(20(21)22)11(18-19)13(14,15)16)17-8(5-7-23-2)9-4-3-6-24-9/h3-4,6,8,17H,5,7H2,1-2H3. The third-order valence-electron chi connectivity index (χ3n) is 3.28. The summed E-state index contributed by atoms with van der Waals surface area (Å²) in [5.41, 5.74) is -2.68. The molecule has 1 N–H and O–H groups in total. The lowest BCUT2D eigenvalue weighted by atomic mass is 10.1. The lowest BCUT2D eigenvalue weighted by molar-refractivity contribution is -0.387. The van der Waals surface area contributed by atoms with Gasteiger partial charge in [0.25, 0.3) is 0 Å². The largest absolute Gasteiger partial charge is 0.467 e. The Morgan fingerprint density at radius 2 is 2.25 bits per heavy atom. The number of hydrogen-bond donors (Lipinski definition) is 1. The van der Waals surface area contributed by atoms with E-state index in [1.54, 1.807) is 12.1 Å². The number of nitrogens with one attached hydrogen (secondary N) is 1. The summed E-state index contributed by atoms with van der Waals surface area (Å²) < 4.78 is 49.9. The third kappa shape index (κ3) is 3.67. The molecule has 0 saturated carbocycles. The molecule has 0 fully saturated rings. The average Bonchev–Trinajstić information content (AvgIpc) is 3.11. The van der Waals surface area contributed by atoms with Crippen LogP contribution in [0.4, 0.5) is 24.7 Å². The number of alkyl halides is 3. The molecule has 2 heterocycles. The van der Waals surface area contributed by atoms with E-state index in [9.17, 15) is 23.3 Å². The Balaban J connectivity index is 2.43. The van der Waals surface area contributed by atoms with E-state index in [1.807, 2.05) is 0 Å². The van der Waals surface area contributed by atoms with Gasteiger partial charge in [0.1, 0.15) is 5.76 Å². The van der Waals surface area contributed by atoms with Crippen molar-refractivity contribution in [3.8, 4) is 0 Å². The molecular formula is C13H15F3N4O4. The minimum Gasteiger partial charge on any atom is -0.467 e. The lowest BCUT2D eigenvalue weighted by Crippen LogP contribution is -2.15. The highest BCUT2D eigenvalue weighted by molar-refractivity contribution is 5.61. The molecule has 2 aromatic heterocycles. The van der Waals surface area contributed by atoms with Crippen LogP contribution in [-0.4, -0.2) is 28.4 Å². The molecule has 132 valence electrons. The molecule has 2 aromatic rings. The van der Waals surface area contributed by atoms with Crippen LogP contribution >= 0.6 is 0 Å². The van der Waals surface area contributed by atoms with Crippen molar-refractivity contribution in [2.45, 2.75) is 18.6 Å². The molecule has 0 aliphatic heterocycles. The SMILES string of the molecule is COCCC(Nc1c([N+](=O)[O-])c(C(F)(F)F)nn1C)c1ccco1. The highest BCUT2D eigenvalue weighted by Gasteiger charge is 2.45. The number of ether oxygens (including phenoxy) is 1. The molecule has 0 radical (unpaired) electrons. The molecular weight excluding hydrogens is 333 g/mol. The van der Waals surface area contributed by atoms with E-state index in [0.717, 1.165) is 4.68 Å². The maximum absolute atomic E-state index is 13.0. The van der Waals surface area contributed by atoms with Crippen LogP contribution in [0.3, 0.4) is 0 Å². The molecule has 2 rings (SSSR count). The van der Waals surface area contributed by atoms with E-state index >= 15 is 0 Å². The van der Waals surface area contributed by atoms with Crippen LogP contribution in [0.1, 0.15) is 23.9 Å². The second kappa shape index (κ2) is 6.91. The molecule has 0 saturated heterocycles. The Bertz CT molecular complexity index is 697. The smallest absolute Gasteiger partial charge is 0.442 e. The Morgan fingerprint density at radius 3 is 2.75 bits per heavy atom. The Kier molecular flexibility index (Phi) is 5.12. The number of halogens is 3. The number of hydrogen-bond acceptors (Lipinski definition) is 6. The number of aromatic nitrogens is 2.